The van der Waals surface area contributed by atoms with E-state index in [0.717, 1.165) is 28.8 Å². The molecule has 0 saturated carbocycles. The molecule has 0 bridgehead atoms. The second-order valence-electron chi connectivity index (χ2n) is 5.78. The molecule has 0 radical (unpaired) electrons. The van der Waals surface area contributed by atoms with Gasteiger partial charge in [0.2, 0.25) is 5.88 Å². The average molecular weight is 284 g/mol. The van der Waals surface area contributed by atoms with Crippen molar-refractivity contribution in [3.8, 4) is 5.88 Å². The molecule has 1 aliphatic rings. The molecular weight excluding hydrogens is 269 g/mol. The van der Waals surface area contributed by atoms with E-state index in [4.69, 9.17) is 9.47 Å². The summed E-state index contributed by atoms with van der Waals surface area (Å²) in [6, 6.07) is 0. The summed E-state index contributed by atoms with van der Waals surface area (Å²) < 4.78 is 12.4. The van der Waals surface area contributed by atoms with E-state index in [0.29, 0.717) is 12.5 Å². The van der Waals surface area contributed by atoms with Crippen LogP contribution in [-0.2, 0) is 4.74 Å². The maximum absolute atomic E-state index is 5.90. The van der Waals surface area contributed by atoms with Crippen LogP contribution >= 0.6 is 11.3 Å². The number of hydrogen-bond acceptors (Lipinski definition) is 5. The zero-order valence-corrected chi connectivity index (χ0v) is 12.8. The average Bonchev–Trinajstić information content (AvgIpc) is 2.88. The number of nitrogens with zero attached hydrogens (tertiary/aromatic N) is 2. The second kappa shape index (κ2) is 5.26. The topological polar surface area (TPSA) is 44.2 Å². The van der Waals surface area contributed by atoms with Crippen molar-refractivity contribution >= 4 is 50.7 Å². The minimum atomic E-state index is -0.275. The van der Waals surface area contributed by atoms with Gasteiger partial charge >= 0.3 is 0 Å². The first kappa shape index (κ1) is 13.7. The molecule has 0 spiro atoms. The van der Waals surface area contributed by atoms with Crippen molar-refractivity contribution < 1.29 is 9.47 Å². The third kappa shape index (κ3) is 2.76. The van der Waals surface area contributed by atoms with Gasteiger partial charge in [-0.15, -0.1) is 11.3 Å². The number of fused-ring (bicyclic) bond motifs is 1. The summed E-state index contributed by atoms with van der Waals surface area (Å²) in [4.78, 5) is 8.91. The van der Waals surface area contributed by atoms with E-state index in [9.17, 15) is 0 Å². The van der Waals surface area contributed by atoms with E-state index in [-0.39, 0.29) is 5.30 Å². The maximum Gasteiger partial charge on any atom is 0.239 e. The standard InChI is InChI=1S/C12H15B3N2O2S/c13-12(14,15)19-11-9-10(20-6-17-9)8(5-16-11)7-1-3-18-4-2-7/h1,5-6H,2-4,13-15H2. The normalized spacial score (nSPS) is 16.1. The van der Waals surface area contributed by atoms with Crippen LogP contribution in [0.4, 0.5) is 0 Å². The van der Waals surface area contributed by atoms with Crippen LogP contribution in [-0.4, -0.2) is 52.0 Å². The van der Waals surface area contributed by atoms with Crippen molar-refractivity contribution in [2.24, 2.45) is 0 Å². The van der Waals surface area contributed by atoms with Gasteiger partial charge in [0.05, 0.1) is 23.4 Å². The Balaban J connectivity index is 2.07. The van der Waals surface area contributed by atoms with E-state index in [1.165, 1.54) is 5.57 Å². The Kier molecular flexibility index (Phi) is 3.60. The highest BCUT2D eigenvalue weighted by molar-refractivity contribution is 7.17. The molecule has 20 heavy (non-hydrogen) atoms. The van der Waals surface area contributed by atoms with Crippen molar-refractivity contribution in [1.82, 2.24) is 9.97 Å². The van der Waals surface area contributed by atoms with Gasteiger partial charge in [0.1, 0.15) is 29.1 Å². The molecule has 1 aliphatic heterocycles. The smallest absolute Gasteiger partial charge is 0.239 e. The van der Waals surface area contributed by atoms with Gasteiger partial charge in [0, 0.05) is 17.1 Å². The summed E-state index contributed by atoms with van der Waals surface area (Å²) in [6.07, 6.45) is 4.96. The fourth-order valence-electron chi connectivity index (χ4n) is 2.20. The van der Waals surface area contributed by atoms with Crippen LogP contribution in [0, 0.1) is 0 Å². The summed E-state index contributed by atoms with van der Waals surface area (Å²) in [6.45, 7) is 1.45. The lowest BCUT2D eigenvalue weighted by atomic mass is 9.52. The molecule has 0 aromatic carbocycles. The van der Waals surface area contributed by atoms with Crippen molar-refractivity contribution in [2.75, 3.05) is 13.2 Å². The van der Waals surface area contributed by atoms with Gasteiger partial charge in [-0.1, -0.05) is 6.08 Å². The van der Waals surface area contributed by atoms with Gasteiger partial charge in [0.25, 0.3) is 0 Å². The first-order valence-corrected chi connectivity index (χ1v) is 7.61. The highest BCUT2D eigenvalue weighted by Crippen LogP contribution is 2.34. The molecule has 0 unspecified atom stereocenters. The summed E-state index contributed by atoms with van der Waals surface area (Å²) >= 11 is 1.63. The first-order valence-electron chi connectivity index (χ1n) is 6.73. The van der Waals surface area contributed by atoms with E-state index >= 15 is 0 Å². The van der Waals surface area contributed by atoms with Gasteiger partial charge in [0.15, 0.2) is 0 Å². The molecule has 0 amide bonds. The Morgan fingerprint density at radius 2 is 2.15 bits per heavy atom. The predicted octanol–water partition coefficient (Wildman–Crippen LogP) is -0.616. The van der Waals surface area contributed by atoms with Gasteiger partial charge in [-0.05, 0) is 12.0 Å². The zero-order valence-electron chi connectivity index (χ0n) is 12.0. The lowest BCUT2D eigenvalue weighted by Crippen LogP contribution is -2.37. The molecule has 2 aromatic heterocycles. The van der Waals surface area contributed by atoms with E-state index < -0.39 is 0 Å². The van der Waals surface area contributed by atoms with Crippen LogP contribution in [0.2, 0.25) is 0 Å². The highest BCUT2D eigenvalue weighted by Gasteiger charge is 2.19. The SMILES string of the molecule is BC(B)(B)Oc1ncc(C2=CCOCC2)c2scnc12. The Morgan fingerprint density at radius 1 is 1.30 bits per heavy atom. The Morgan fingerprint density at radius 3 is 2.85 bits per heavy atom. The van der Waals surface area contributed by atoms with Gasteiger partial charge in [-0.2, -0.15) is 0 Å². The molecular formula is C12H15B3N2O2S. The van der Waals surface area contributed by atoms with Crippen molar-refractivity contribution in [3.05, 3.63) is 23.3 Å². The summed E-state index contributed by atoms with van der Waals surface area (Å²) in [5.74, 6) is 0.616. The van der Waals surface area contributed by atoms with Crippen molar-refractivity contribution in [3.63, 3.8) is 0 Å². The minimum absolute atomic E-state index is 0.275. The third-order valence-electron chi connectivity index (χ3n) is 3.04. The zero-order chi connectivity index (χ0) is 14.2. The van der Waals surface area contributed by atoms with Crippen LogP contribution in [0.5, 0.6) is 5.88 Å². The molecule has 0 saturated heterocycles. The second-order valence-corrected chi connectivity index (χ2v) is 6.63. The largest absolute Gasteiger partial charge is 0.497 e. The maximum atomic E-state index is 5.90. The Hall–Kier alpha value is -1.27. The lowest BCUT2D eigenvalue weighted by Gasteiger charge is -2.21. The highest BCUT2D eigenvalue weighted by atomic mass is 32.1. The molecule has 0 fully saturated rings. The molecule has 4 nitrogen and oxygen atoms in total. The first-order chi connectivity index (χ1) is 9.54. The Bertz CT molecular complexity index is 666. The molecule has 8 heteroatoms. The summed E-state index contributed by atoms with van der Waals surface area (Å²) in [7, 11) is 6.05. The molecule has 0 N–H and O–H groups in total. The summed E-state index contributed by atoms with van der Waals surface area (Å²) in [5.41, 5.74) is 5.16. The minimum Gasteiger partial charge on any atom is -0.497 e. The number of thiazole rings is 1. The quantitative estimate of drug-likeness (QED) is 0.705. The summed E-state index contributed by atoms with van der Waals surface area (Å²) in [5, 5.41) is -0.275. The number of hydrogen-bond donors (Lipinski definition) is 0. The number of rotatable bonds is 3. The van der Waals surface area contributed by atoms with Crippen LogP contribution < -0.4 is 4.74 Å². The molecule has 2 aromatic rings. The number of ether oxygens (including phenoxy) is 2. The van der Waals surface area contributed by atoms with Gasteiger partial charge in [-0.25, -0.2) is 9.97 Å². The Labute approximate surface area is 124 Å². The van der Waals surface area contributed by atoms with Gasteiger partial charge < -0.3 is 9.47 Å². The van der Waals surface area contributed by atoms with Crippen molar-refractivity contribution in [1.29, 1.82) is 0 Å². The molecule has 3 rings (SSSR count). The molecule has 3 heterocycles. The third-order valence-corrected chi connectivity index (χ3v) is 3.90. The van der Waals surface area contributed by atoms with Crippen molar-refractivity contribution in [2.45, 2.75) is 11.7 Å². The molecule has 100 valence electrons. The lowest BCUT2D eigenvalue weighted by molar-refractivity contribution is 0.161. The van der Waals surface area contributed by atoms with Crippen LogP contribution in [0.15, 0.2) is 17.8 Å². The number of pyridine rings is 1. The van der Waals surface area contributed by atoms with E-state index in [1.54, 1.807) is 11.3 Å². The number of aromatic nitrogens is 2. The predicted molar refractivity (Wildman–Crippen MR) is 89.8 cm³/mol. The monoisotopic (exact) mass is 284 g/mol. The fraction of sp³-hybridized carbons (Fsp3) is 0.333. The van der Waals surface area contributed by atoms with Crippen LogP contribution in [0.3, 0.4) is 0 Å². The van der Waals surface area contributed by atoms with E-state index in [1.807, 2.05) is 35.2 Å². The van der Waals surface area contributed by atoms with Gasteiger partial charge in [-0.3, -0.25) is 0 Å². The van der Waals surface area contributed by atoms with Crippen LogP contribution in [0.25, 0.3) is 15.8 Å². The van der Waals surface area contributed by atoms with Crippen LogP contribution in [0.1, 0.15) is 12.0 Å². The molecule has 0 atom stereocenters. The fourth-order valence-corrected chi connectivity index (χ4v) is 3.02. The molecule has 0 aliphatic carbocycles. The van der Waals surface area contributed by atoms with E-state index in [2.05, 4.69) is 16.0 Å².